The molecule has 0 bridgehead atoms. The normalized spacial score (nSPS) is 22.3. The van der Waals surface area contributed by atoms with Crippen molar-refractivity contribution in [2.45, 2.75) is 13.8 Å². The zero-order valence-electron chi connectivity index (χ0n) is 7.29. The quantitative estimate of drug-likeness (QED) is 0.610. The summed E-state index contributed by atoms with van der Waals surface area (Å²) in [6, 6.07) is 0. The van der Waals surface area contributed by atoms with E-state index in [0.29, 0.717) is 18.8 Å². The first-order valence-corrected chi connectivity index (χ1v) is 3.96. The van der Waals surface area contributed by atoms with Gasteiger partial charge in [0.25, 0.3) is 0 Å². The Bertz CT molecular complexity index is 222. The molecule has 1 heterocycles. The van der Waals surface area contributed by atoms with Gasteiger partial charge in [-0.15, -0.1) is 0 Å². The molecule has 2 N–H and O–H groups in total. The topological polar surface area (TPSA) is 61.5 Å². The van der Waals surface area contributed by atoms with Gasteiger partial charge in [0.2, 0.25) is 0 Å². The summed E-state index contributed by atoms with van der Waals surface area (Å²) in [7, 11) is 0. The van der Waals surface area contributed by atoms with E-state index < -0.39 is 0 Å². The third-order valence-electron chi connectivity index (χ3n) is 1.74. The number of hydrogen-bond acceptors (Lipinski definition) is 4. The van der Waals surface area contributed by atoms with Crippen LogP contribution in [0.1, 0.15) is 13.8 Å². The van der Waals surface area contributed by atoms with Gasteiger partial charge >= 0.3 is 5.97 Å². The van der Waals surface area contributed by atoms with E-state index in [1.165, 1.54) is 0 Å². The predicted molar refractivity (Wildman–Crippen MR) is 43.0 cm³/mol. The van der Waals surface area contributed by atoms with E-state index in [4.69, 9.17) is 15.2 Å². The maximum absolute atomic E-state index is 11.2. The summed E-state index contributed by atoms with van der Waals surface area (Å²) >= 11 is 0. The van der Waals surface area contributed by atoms with Crippen molar-refractivity contribution in [3.63, 3.8) is 0 Å². The highest BCUT2D eigenvalue weighted by Crippen LogP contribution is 2.22. The highest BCUT2D eigenvalue weighted by molar-refractivity contribution is 5.89. The lowest BCUT2D eigenvalue weighted by molar-refractivity contribution is -0.139. The van der Waals surface area contributed by atoms with Crippen LogP contribution < -0.4 is 5.73 Å². The van der Waals surface area contributed by atoms with E-state index in [-0.39, 0.29) is 17.8 Å². The van der Waals surface area contributed by atoms with Gasteiger partial charge < -0.3 is 15.2 Å². The second kappa shape index (κ2) is 3.47. The lowest BCUT2D eigenvalue weighted by Gasteiger charge is -2.04. The molecule has 0 fully saturated rings. The van der Waals surface area contributed by atoms with Crippen LogP contribution in [0, 0.1) is 5.92 Å². The summed E-state index contributed by atoms with van der Waals surface area (Å²) in [5.41, 5.74) is 5.93. The standard InChI is InChI=1S/C8H13NO3/c1-3-11-8(10)6-5(2)4-12-7(6)9/h5H,3-4,9H2,1-2H3. The molecule has 0 radical (unpaired) electrons. The van der Waals surface area contributed by atoms with E-state index in [1.807, 2.05) is 6.92 Å². The summed E-state index contributed by atoms with van der Waals surface area (Å²) < 4.78 is 9.81. The third-order valence-corrected chi connectivity index (χ3v) is 1.74. The molecule has 0 aliphatic carbocycles. The van der Waals surface area contributed by atoms with Gasteiger partial charge in [0.15, 0.2) is 5.88 Å². The van der Waals surface area contributed by atoms with Crippen molar-refractivity contribution in [3.8, 4) is 0 Å². The molecule has 1 aliphatic heterocycles. The third kappa shape index (κ3) is 1.52. The molecule has 1 aliphatic rings. The molecule has 0 saturated heterocycles. The highest BCUT2D eigenvalue weighted by Gasteiger charge is 2.28. The maximum Gasteiger partial charge on any atom is 0.339 e. The molecule has 0 saturated carbocycles. The van der Waals surface area contributed by atoms with E-state index in [2.05, 4.69) is 0 Å². The molecule has 0 spiro atoms. The van der Waals surface area contributed by atoms with Crippen molar-refractivity contribution in [1.82, 2.24) is 0 Å². The predicted octanol–water partition coefficient (Wildman–Crippen LogP) is 0.386. The van der Waals surface area contributed by atoms with Gasteiger partial charge in [-0.1, -0.05) is 6.92 Å². The van der Waals surface area contributed by atoms with Gasteiger partial charge in [-0.05, 0) is 6.92 Å². The minimum absolute atomic E-state index is 0.0454. The van der Waals surface area contributed by atoms with Gasteiger partial charge in [0.1, 0.15) is 5.57 Å². The lowest BCUT2D eigenvalue weighted by Crippen LogP contribution is -2.14. The lowest BCUT2D eigenvalue weighted by atomic mass is 10.1. The first kappa shape index (κ1) is 8.90. The van der Waals surface area contributed by atoms with Crippen LogP contribution in [0.2, 0.25) is 0 Å². The van der Waals surface area contributed by atoms with Crippen LogP contribution in [0.5, 0.6) is 0 Å². The maximum atomic E-state index is 11.2. The number of hydrogen-bond donors (Lipinski definition) is 1. The van der Waals surface area contributed by atoms with Gasteiger partial charge in [0, 0.05) is 5.92 Å². The van der Waals surface area contributed by atoms with Crippen molar-refractivity contribution in [2.75, 3.05) is 13.2 Å². The average Bonchev–Trinajstić information content (AvgIpc) is 2.32. The first-order chi connectivity index (χ1) is 5.66. The Morgan fingerprint density at radius 3 is 2.92 bits per heavy atom. The monoisotopic (exact) mass is 171 g/mol. The molecule has 12 heavy (non-hydrogen) atoms. The van der Waals surface area contributed by atoms with Crippen molar-refractivity contribution < 1.29 is 14.3 Å². The fourth-order valence-corrected chi connectivity index (χ4v) is 1.13. The van der Waals surface area contributed by atoms with Crippen molar-refractivity contribution in [2.24, 2.45) is 11.7 Å². The van der Waals surface area contributed by atoms with Crippen LogP contribution in [-0.2, 0) is 14.3 Å². The molecule has 4 heteroatoms. The molecule has 0 aromatic heterocycles. The highest BCUT2D eigenvalue weighted by atomic mass is 16.5. The molecule has 0 amide bonds. The number of carbonyl (C=O) groups excluding carboxylic acids is 1. The molecular weight excluding hydrogens is 158 g/mol. The summed E-state index contributed by atoms with van der Waals surface area (Å²) in [6.45, 7) is 4.48. The van der Waals surface area contributed by atoms with Crippen LogP contribution in [0.15, 0.2) is 11.5 Å². The smallest absolute Gasteiger partial charge is 0.339 e. The van der Waals surface area contributed by atoms with Crippen LogP contribution in [0.3, 0.4) is 0 Å². The molecule has 1 unspecified atom stereocenters. The fourth-order valence-electron chi connectivity index (χ4n) is 1.13. The number of esters is 1. The van der Waals surface area contributed by atoms with Gasteiger partial charge in [0.05, 0.1) is 13.2 Å². The summed E-state index contributed by atoms with van der Waals surface area (Å²) in [5, 5.41) is 0. The SMILES string of the molecule is CCOC(=O)C1=C(N)OCC1C. The number of ether oxygens (including phenoxy) is 2. The van der Waals surface area contributed by atoms with Crippen molar-refractivity contribution in [1.29, 1.82) is 0 Å². The Kier molecular flexibility index (Phi) is 2.58. The zero-order valence-corrected chi connectivity index (χ0v) is 7.29. The van der Waals surface area contributed by atoms with E-state index in [0.717, 1.165) is 0 Å². The Labute approximate surface area is 71.3 Å². The van der Waals surface area contributed by atoms with Crippen LogP contribution in [-0.4, -0.2) is 19.2 Å². The van der Waals surface area contributed by atoms with Crippen molar-refractivity contribution in [3.05, 3.63) is 11.5 Å². The van der Waals surface area contributed by atoms with E-state index in [9.17, 15) is 4.79 Å². The molecular formula is C8H13NO3. The molecule has 0 aromatic rings. The fraction of sp³-hybridized carbons (Fsp3) is 0.625. The van der Waals surface area contributed by atoms with Crippen LogP contribution in [0.25, 0.3) is 0 Å². The number of carbonyl (C=O) groups is 1. The Hall–Kier alpha value is -1.19. The van der Waals surface area contributed by atoms with Gasteiger partial charge in [-0.25, -0.2) is 4.79 Å². The van der Waals surface area contributed by atoms with E-state index in [1.54, 1.807) is 6.92 Å². The minimum Gasteiger partial charge on any atom is -0.478 e. The largest absolute Gasteiger partial charge is 0.478 e. The van der Waals surface area contributed by atoms with Crippen LogP contribution >= 0.6 is 0 Å². The average molecular weight is 171 g/mol. The number of nitrogens with two attached hydrogens (primary N) is 1. The first-order valence-electron chi connectivity index (χ1n) is 3.96. The van der Waals surface area contributed by atoms with Gasteiger partial charge in [-0.2, -0.15) is 0 Å². The summed E-state index contributed by atoms with van der Waals surface area (Å²) in [4.78, 5) is 11.2. The molecule has 4 nitrogen and oxygen atoms in total. The number of rotatable bonds is 2. The van der Waals surface area contributed by atoms with Crippen LogP contribution in [0.4, 0.5) is 0 Å². The molecule has 68 valence electrons. The summed E-state index contributed by atoms with van der Waals surface area (Å²) in [6.07, 6.45) is 0. The second-order valence-corrected chi connectivity index (χ2v) is 2.71. The van der Waals surface area contributed by atoms with E-state index >= 15 is 0 Å². The second-order valence-electron chi connectivity index (χ2n) is 2.71. The minimum atomic E-state index is -0.361. The molecule has 0 aromatic carbocycles. The molecule has 1 rings (SSSR count). The Morgan fingerprint density at radius 2 is 2.50 bits per heavy atom. The Balaban J connectivity index is 2.72. The van der Waals surface area contributed by atoms with Crippen molar-refractivity contribution >= 4 is 5.97 Å². The zero-order chi connectivity index (χ0) is 9.14. The Morgan fingerprint density at radius 1 is 1.83 bits per heavy atom. The molecule has 1 atom stereocenters. The van der Waals surface area contributed by atoms with Gasteiger partial charge in [-0.3, -0.25) is 0 Å². The summed E-state index contributed by atoms with van der Waals surface area (Å²) in [5.74, 6) is -0.106.